The van der Waals surface area contributed by atoms with Crippen molar-refractivity contribution >= 4 is 29.1 Å². The number of amides is 1. The van der Waals surface area contributed by atoms with E-state index in [1.165, 1.54) is 6.92 Å². The van der Waals surface area contributed by atoms with Crippen molar-refractivity contribution in [2.45, 2.75) is 11.8 Å². The topological polar surface area (TPSA) is 46.2 Å². The lowest BCUT2D eigenvalue weighted by molar-refractivity contribution is -0.114. The van der Waals surface area contributed by atoms with E-state index >= 15 is 0 Å². The number of rotatable bonds is 4. The molecule has 2 rings (SSSR count). The van der Waals surface area contributed by atoms with Gasteiger partial charge in [0.25, 0.3) is 0 Å². The van der Waals surface area contributed by atoms with Gasteiger partial charge in [-0.2, -0.15) is 0 Å². The van der Waals surface area contributed by atoms with Gasteiger partial charge in [0.1, 0.15) is 0 Å². The first-order chi connectivity index (χ1) is 9.60. The molecule has 0 aliphatic heterocycles. The summed E-state index contributed by atoms with van der Waals surface area (Å²) in [5.41, 5.74) is 1.96. The van der Waals surface area contributed by atoms with Crippen molar-refractivity contribution in [1.82, 2.24) is 0 Å². The van der Waals surface area contributed by atoms with Gasteiger partial charge < -0.3 is 5.32 Å². The fourth-order valence-corrected chi connectivity index (χ4v) is 2.23. The summed E-state index contributed by atoms with van der Waals surface area (Å²) in [5.74, 6) is -0.149. The van der Waals surface area contributed by atoms with Crippen LogP contribution < -0.4 is 5.32 Å². The molecule has 0 fully saturated rings. The van der Waals surface area contributed by atoms with Crippen LogP contribution in [0.25, 0.3) is 0 Å². The van der Waals surface area contributed by atoms with Crippen molar-refractivity contribution in [1.29, 1.82) is 0 Å². The molecule has 102 valence electrons. The highest BCUT2D eigenvalue weighted by atomic mass is 32.2. The van der Waals surface area contributed by atoms with Crippen LogP contribution >= 0.6 is 11.8 Å². The fraction of sp³-hybridized carbons (Fsp3) is 0.125. The van der Waals surface area contributed by atoms with Crippen LogP contribution in [0.5, 0.6) is 0 Å². The maximum absolute atomic E-state index is 12.3. The molecule has 20 heavy (non-hydrogen) atoms. The highest BCUT2D eigenvalue weighted by molar-refractivity contribution is 7.98. The second-order valence-corrected chi connectivity index (χ2v) is 5.20. The number of thioether (sulfide) groups is 1. The second-order valence-electron chi connectivity index (χ2n) is 4.32. The Bertz CT molecular complexity index is 618. The number of carbonyl (C=O) groups excluding carboxylic acids is 2. The molecule has 0 saturated carbocycles. The summed E-state index contributed by atoms with van der Waals surface area (Å²) in [4.78, 5) is 24.3. The summed E-state index contributed by atoms with van der Waals surface area (Å²) >= 11 is 1.64. The maximum Gasteiger partial charge on any atom is 0.221 e. The van der Waals surface area contributed by atoms with E-state index in [9.17, 15) is 9.59 Å². The number of nitrogens with one attached hydrogen (secondary N) is 1. The van der Waals surface area contributed by atoms with E-state index in [-0.39, 0.29) is 11.7 Å². The average molecular weight is 285 g/mol. The molecule has 1 amide bonds. The Morgan fingerprint density at radius 3 is 1.85 bits per heavy atom. The molecule has 0 unspecified atom stereocenters. The first kappa shape index (κ1) is 14.3. The third kappa shape index (κ3) is 3.48. The van der Waals surface area contributed by atoms with Gasteiger partial charge in [-0.05, 0) is 54.8 Å². The van der Waals surface area contributed by atoms with Crippen molar-refractivity contribution in [2.75, 3.05) is 11.6 Å². The zero-order valence-electron chi connectivity index (χ0n) is 11.3. The van der Waals surface area contributed by atoms with Crippen molar-refractivity contribution in [3.05, 3.63) is 59.7 Å². The second kappa shape index (κ2) is 6.39. The normalized spacial score (nSPS) is 10.1. The number of carbonyl (C=O) groups is 2. The minimum Gasteiger partial charge on any atom is -0.326 e. The molecule has 0 heterocycles. The van der Waals surface area contributed by atoms with Crippen LogP contribution in [0.1, 0.15) is 22.8 Å². The highest BCUT2D eigenvalue weighted by Gasteiger charge is 2.09. The Morgan fingerprint density at radius 1 is 0.900 bits per heavy atom. The van der Waals surface area contributed by atoms with Crippen LogP contribution in [0.3, 0.4) is 0 Å². The summed E-state index contributed by atoms with van der Waals surface area (Å²) in [7, 11) is 0. The molecule has 1 N–H and O–H groups in total. The summed E-state index contributed by atoms with van der Waals surface area (Å²) < 4.78 is 0. The molecular weight excluding hydrogens is 270 g/mol. The molecule has 4 heteroatoms. The van der Waals surface area contributed by atoms with Gasteiger partial charge in [0.15, 0.2) is 5.78 Å². The molecule has 2 aromatic carbocycles. The smallest absolute Gasteiger partial charge is 0.221 e. The lowest BCUT2D eigenvalue weighted by atomic mass is 10.0. The lowest BCUT2D eigenvalue weighted by Gasteiger charge is -2.05. The van der Waals surface area contributed by atoms with Crippen LogP contribution in [-0.2, 0) is 4.79 Å². The molecule has 0 spiro atoms. The minimum atomic E-state index is -0.128. The van der Waals surface area contributed by atoms with Crippen molar-refractivity contribution < 1.29 is 9.59 Å². The van der Waals surface area contributed by atoms with E-state index in [0.29, 0.717) is 16.8 Å². The third-order valence-corrected chi connectivity index (χ3v) is 3.56. The molecular formula is C16H15NO2S. The SMILES string of the molecule is CSc1ccc(C(=O)c2ccc(NC(C)=O)cc2)cc1. The van der Waals surface area contributed by atoms with E-state index in [1.807, 2.05) is 30.5 Å². The van der Waals surface area contributed by atoms with E-state index in [4.69, 9.17) is 0 Å². The summed E-state index contributed by atoms with van der Waals surface area (Å²) in [6.45, 7) is 1.45. The molecule has 0 aliphatic rings. The molecule has 3 nitrogen and oxygen atoms in total. The highest BCUT2D eigenvalue weighted by Crippen LogP contribution is 2.18. The van der Waals surface area contributed by atoms with Crippen molar-refractivity contribution in [3.63, 3.8) is 0 Å². The van der Waals surface area contributed by atoms with Gasteiger partial charge in [0.05, 0.1) is 0 Å². The van der Waals surface area contributed by atoms with Gasteiger partial charge in [0, 0.05) is 28.6 Å². The minimum absolute atomic E-state index is 0.0213. The summed E-state index contributed by atoms with van der Waals surface area (Å²) in [6, 6.07) is 14.4. The van der Waals surface area contributed by atoms with E-state index in [2.05, 4.69) is 5.32 Å². The lowest BCUT2D eigenvalue weighted by Crippen LogP contribution is -2.06. The first-order valence-electron chi connectivity index (χ1n) is 6.16. The maximum atomic E-state index is 12.3. The van der Waals surface area contributed by atoms with E-state index in [0.717, 1.165) is 4.90 Å². The predicted molar refractivity (Wildman–Crippen MR) is 82.4 cm³/mol. The van der Waals surface area contributed by atoms with Crippen molar-refractivity contribution in [2.24, 2.45) is 0 Å². The molecule has 0 aliphatic carbocycles. The Morgan fingerprint density at radius 2 is 1.40 bits per heavy atom. The average Bonchev–Trinajstić information content (AvgIpc) is 2.47. The van der Waals surface area contributed by atoms with Crippen LogP contribution in [0, 0.1) is 0 Å². The first-order valence-corrected chi connectivity index (χ1v) is 7.39. The Balaban J connectivity index is 2.17. The largest absolute Gasteiger partial charge is 0.326 e. The quantitative estimate of drug-likeness (QED) is 0.689. The molecule has 0 radical (unpaired) electrons. The number of hydrogen-bond acceptors (Lipinski definition) is 3. The Kier molecular flexibility index (Phi) is 4.58. The summed E-state index contributed by atoms with van der Waals surface area (Å²) in [5, 5.41) is 2.67. The number of hydrogen-bond donors (Lipinski definition) is 1. The molecule has 0 aromatic heterocycles. The Labute approximate surface area is 122 Å². The molecule has 0 bridgehead atoms. The van der Waals surface area contributed by atoms with Gasteiger partial charge in [-0.3, -0.25) is 9.59 Å². The zero-order valence-corrected chi connectivity index (χ0v) is 12.2. The van der Waals surface area contributed by atoms with Gasteiger partial charge >= 0.3 is 0 Å². The third-order valence-electron chi connectivity index (χ3n) is 2.82. The number of ketones is 1. The number of anilines is 1. The van der Waals surface area contributed by atoms with Crippen LogP contribution in [0.15, 0.2) is 53.4 Å². The van der Waals surface area contributed by atoms with Crippen LogP contribution in [-0.4, -0.2) is 17.9 Å². The van der Waals surface area contributed by atoms with Crippen LogP contribution in [0.2, 0.25) is 0 Å². The fourth-order valence-electron chi connectivity index (χ4n) is 1.82. The predicted octanol–water partition coefficient (Wildman–Crippen LogP) is 3.60. The van der Waals surface area contributed by atoms with E-state index in [1.54, 1.807) is 36.0 Å². The number of benzene rings is 2. The van der Waals surface area contributed by atoms with Crippen LogP contribution in [0.4, 0.5) is 5.69 Å². The monoisotopic (exact) mass is 285 g/mol. The molecule has 2 aromatic rings. The van der Waals surface area contributed by atoms with Gasteiger partial charge in [-0.15, -0.1) is 11.8 Å². The van der Waals surface area contributed by atoms with Crippen molar-refractivity contribution in [3.8, 4) is 0 Å². The standard InChI is InChI=1S/C16H15NO2S/c1-11(18)17-14-7-3-12(4-8-14)16(19)13-5-9-15(20-2)10-6-13/h3-10H,1-2H3,(H,17,18). The van der Waals surface area contributed by atoms with Gasteiger partial charge in [-0.25, -0.2) is 0 Å². The zero-order chi connectivity index (χ0) is 14.5. The molecule has 0 saturated heterocycles. The Hall–Kier alpha value is -2.07. The van der Waals surface area contributed by atoms with E-state index < -0.39 is 0 Å². The van der Waals surface area contributed by atoms with Gasteiger partial charge in [0.2, 0.25) is 5.91 Å². The molecule has 0 atom stereocenters. The summed E-state index contributed by atoms with van der Waals surface area (Å²) in [6.07, 6.45) is 2.00. The van der Waals surface area contributed by atoms with Gasteiger partial charge in [-0.1, -0.05) is 0 Å².